The van der Waals surface area contributed by atoms with Crippen molar-refractivity contribution in [2.45, 2.75) is 37.0 Å². The summed E-state index contributed by atoms with van der Waals surface area (Å²) in [6, 6.07) is 36.1. The van der Waals surface area contributed by atoms with Crippen molar-refractivity contribution in [3.63, 3.8) is 0 Å². The summed E-state index contributed by atoms with van der Waals surface area (Å²) in [6.07, 6.45) is 4.61. The zero-order valence-corrected chi connectivity index (χ0v) is 19.2. The first-order valence-corrected chi connectivity index (χ1v) is 12.4. The van der Waals surface area contributed by atoms with Crippen molar-refractivity contribution in [1.29, 1.82) is 0 Å². The molecule has 32 heavy (non-hydrogen) atoms. The monoisotopic (exact) mass is 438 g/mol. The number of phenols is 1. The normalized spacial score (nSPS) is 10.9. The van der Waals surface area contributed by atoms with Crippen LogP contribution in [0, 0.1) is 0 Å². The highest BCUT2D eigenvalue weighted by molar-refractivity contribution is 7.99. The van der Waals surface area contributed by atoms with Gasteiger partial charge >= 0.3 is 0 Å². The second-order valence-electron chi connectivity index (χ2n) is 8.15. The maximum absolute atomic E-state index is 11.1. The third kappa shape index (κ3) is 6.51. The van der Waals surface area contributed by atoms with Crippen LogP contribution in [0.3, 0.4) is 0 Å². The van der Waals surface area contributed by atoms with Gasteiger partial charge in [-0.15, -0.1) is 11.8 Å². The van der Waals surface area contributed by atoms with E-state index in [1.54, 1.807) is 0 Å². The third-order valence-electron chi connectivity index (χ3n) is 5.80. The summed E-state index contributed by atoms with van der Waals surface area (Å²) in [5, 5.41) is 11.1. The van der Waals surface area contributed by atoms with Gasteiger partial charge in [0.1, 0.15) is 5.75 Å². The third-order valence-corrected chi connectivity index (χ3v) is 6.77. The summed E-state index contributed by atoms with van der Waals surface area (Å²) >= 11 is 1.88. The summed E-state index contributed by atoms with van der Waals surface area (Å²) in [6.45, 7) is 0. The summed E-state index contributed by atoms with van der Waals surface area (Å²) in [4.78, 5) is 1.25. The minimum atomic E-state index is 0.476. The molecule has 0 aliphatic heterocycles. The molecule has 0 unspecified atom stereocenters. The molecule has 0 atom stereocenters. The number of rotatable bonds is 10. The first-order valence-electron chi connectivity index (χ1n) is 11.4. The number of hydrogen-bond donors (Lipinski definition) is 1. The summed E-state index contributed by atoms with van der Waals surface area (Å²) in [5.41, 5.74) is 6.09. The van der Waals surface area contributed by atoms with Crippen LogP contribution < -0.4 is 0 Å². The predicted molar refractivity (Wildman–Crippen MR) is 137 cm³/mol. The molecule has 0 heterocycles. The molecular formula is C30H30OS. The number of aromatic hydroxyl groups is 1. The van der Waals surface area contributed by atoms with Gasteiger partial charge in [0, 0.05) is 10.6 Å². The first-order chi connectivity index (χ1) is 15.8. The van der Waals surface area contributed by atoms with Crippen LogP contribution in [0.2, 0.25) is 0 Å². The van der Waals surface area contributed by atoms with Crippen molar-refractivity contribution in [3.05, 3.63) is 131 Å². The van der Waals surface area contributed by atoms with Crippen molar-refractivity contribution < 1.29 is 5.11 Å². The lowest BCUT2D eigenvalue weighted by atomic mass is 9.98. The Morgan fingerprint density at radius 1 is 0.500 bits per heavy atom. The molecule has 1 N–H and O–H groups in total. The van der Waals surface area contributed by atoms with Gasteiger partial charge in [-0.1, -0.05) is 91.0 Å². The number of aryl methyl sites for hydroxylation is 5. The fraction of sp³-hybridized carbons (Fsp3) is 0.200. The fourth-order valence-electron chi connectivity index (χ4n) is 3.97. The van der Waals surface area contributed by atoms with E-state index in [0.29, 0.717) is 5.75 Å². The van der Waals surface area contributed by atoms with Gasteiger partial charge in [-0.2, -0.15) is 0 Å². The van der Waals surface area contributed by atoms with Crippen LogP contribution in [-0.4, -0.2) is 10.9 Å². The summed E-state index contributed by atoms with van der Waals surface area (Å²) in [5.74, 6) is 1.51. The molecular weight excluding hydrogens is 408 g/mol. The molecule has 2 heteroatoms. The molecule has 0 saturated heterocycles. The quantitative estimate of drug-likeness (QED) is 0.262. The Balaban J connectivity index is 1.49. The largest absolute Gasteiger partial charge is 0.507 e. The van der Waals surface area contributed by atoms with Crippen LogP contribution in [0.15, 0.2) is 108 Å². The SMILES string of the molecule is Oc1c(CCc2ccccc2)cc(SCCc2ccccc2)cc1CCc1ccccc1. The van der Waals surface area contributed by atoms with E-state index < -0.39 is 0 Å². The van der Waals surface area contributed by atoms with Crippen LogP contribution in [0.4, 0.5) is 0 Å². The number of phenolic OH excluding ortho intramolecular Hbond substituents is 1. The van der Waals surface area contributed by atoms with E-state index in [2.05, 4.69) is 91.0 Å². The predicted octanol–water partition coefficient (Wildman–Crippen LogP) is 7.30. The molecule has 0 radical (unpaired) electrons. The van der Waals surface area contributed by atoms with E-state index in [-0.39, 0.29) is 0 Å². The number of benzene rings is 4. The summed E-state index contributed by atoms with van der Waals surface area (Å²) in [7, 11) is 0. The van der Waals surface area contributed by atoms with Crippen LogP contribution >= 0.6 is 11.8 Å². The molecule has 0 aromatic heterocycles. The lowest BCUT2D eigenvalue weighted by Gasteiger charge is -2.14. The molecule has 4 aromatic carbocycles. The molecule has 4 aromatic rings. The standard InChI is InChI=1S/C30H30OS/c31-30-27(18-16-24-10-4-1-5-11-24)22-29(32-21-20-26-14-8-3-9-15-26)23-28(30)19-17-25-12-6-2-7-13-25/h1-15,22-23,31H,16-21H2. The Bertz CT molecular complexity index is 1030. The minimum absolute atomic E-state index is 0.476. The molecule has 0 aliphatic rings. The molecule has 0 saturated carbocycles. The van der Waals surface area contributed by atoms with E-state index in [1.807, 2.05) is 23.9 Å². The van der Waals surface area contributed by atoms with Crippen LogP contribution in [0.5, 0.6) is 5.75 Å². The maximum Gasteiger partial charge on any atom is 0.122 e. The molecule has 0 aliphatic carbocycles. The summed E-state index contributed by atoms with van der Waals surface area (Å²) < 4.78 is 0. The smallest absolute Gasteiger partial charge is 0.122 e. The van der Waals surface area contributed by atoms with Crippen LogP contribution in [0.1, 0.15) is 27.8 Å². The van der Waals surface area contributed by atoms with Gasteiger partial charge in [-0.05, 0) is 72.1 Å². The van der Waals surface area contributed by atoms with Gasteiger partial charge in [0.05, 0.1) is 0 Å². The van der Waals surface area contributed by atoms with E-state index in [4.69, 9.17) is 0 Å². The average Bonchev–Trinajstić information content (AvgIpc) is 2.85. The van der Waals surface area contributed by atoms with Crippen molar-refractivity contribution in [2.24, 2.45) is 0 Å². The maximum atomic E-state index is 11.1. The Hall–Kier alpha value is -2.97. The lowest BCUT2D eigenvalue weighted by molar-refractivity contribution is 0.460. The van der Waals surface area contributed by atoms with Crippen molar-refractivity contribution >= 4 is 11.8 Å². The van der Waals surface area contributed by atoms with E-state index in [0.717, 1.165) is 49.0 Å². The van der Waals surface area contributed by atoms with Crippen LogP contribution in [0.25, 0.3) is 0 Å². The second kappa shape index (κ2) is 11.6. The van der Waals surface area contributed by atoms with Gasteiger partial charge < -0.3 is 5.11 Å². The molecule has 0 spiro atoms. The zero-order valence-electron chi connectivity index (χ0n) is 18.4. The van der Waals surface area contributed by atoms with E-state index in [1.165, 1.54) is 21.6 Å². The lowest BCUT2D eigenvalue weighted by Crippen LogP contribution is -1.99. The van der Waals surface area contributed by atoms with E-state index >= 15 is 0 Å². The fourth-order valence-corrected chi connectivity index (χ4v) is 5.00. The highest BCUT2D eigenvalue weighted by atomic mass is 32.2. The van der Waals surface area contributed by atoms with Gasteiger partial charge in [0.2, 0.25) is 0 Å². The van der Waals surface area contributed by atoms with Gasteiger partial charge in [-0.3, -0.25) is 0 Å². The van der Waals surface area contributed by atoms with Crippen molar-refractivity contribution in [3.8, 4) is 5.75 Å². The molecule has 0 fully saturated rings. The average molecular weight is 439 g/mol. The minimum Gasteiger partial charge on any atom is -0.507 e. The van der Waals surface area contributed by atoms with Gasteiger partial charge in [-0.25, -0.2) is 0 Å². The first kappa shape index (κ1) is 22.2. The Morgan fingerprint density at radius 3 is 1.34 bits per heavy atom. The molecule has 162 valence electrons. The Morgan fingerprint density at radius 2 is 0.906 bits per heavy atom. The second-order valence-corrected chi connectivity index (χ2v) is 9.31. The van der Waals surface area contributed by atoms with Crippen molar-refractivity contribution in [2.75, 3.05) is 5.75 Å². The Kier molecular flexibility index (Phi) is 8.05. The highest BCUT2D eigenvalue weighted by Gasteiger charge is 2.11. The Labute approximate surface area is 196 Å². The molecule has 0 amide bonds. The molecule has 0 bridgehead atoms. The number of hydrogen-bond acceptors (Lipinski definition) is 2. The zero-order chi connectivity index (χ0) is 22.0. The van der Waals surface area contributed by atoms with Gasteiger partial charge in [0.25, 0.3) is 0 Å². The highest BCUT2D eigenvalue weighted by Crippen LogP contribution is 2.32. The molecule has 1 nitrogen and oxygen atoms in total. The molecule has 4 rings (SSSR count). The van der Waals surface area contributed by atoms with Gasteiger partial charge in [0.15, 0.2) is 0 Å². The topological polar surface area (TPSA) is 20.2 Å². The van der Waals surface area contributed by atoms with Crippen molar-refractivity contribution in [1.82, 2.24) is 0 Å². The van der Waals surface area contributed by atoms with Crippen LogP contribution in [-0.2, 0) is 32.1 Å². The van der Waals surface area contributed by atoms with E-state index in [9.17, 15) is 5.11 Å². The number of thioether (sulfide) groups is 1.